The van der Waals surface area contributed by atoms with Crippen molar-refractivity contribution < 1.29 is 4.79 Å². The van der Waals surface area contributed by atoms with Gasteiger partial charge in [0.05, 0.1) is 16.9 Å². The van der Waals surface area contributed by atoms with Crippen molar-refractivity contribution >= 4 is 17.5 Å². The summed E-state index contributed by atoms with van der Waals surface area (Å²) in [7, 11) is 0. The Kier molecular flexibility index (Phi) is 5.76. The van der Waals surface area contributed by atoms with Crippen LogP contribution in [0.25, 0.3) is 5.69 Å². The van der Waals surface area contributed by atoms with Crippen molar-refractivity contribution in [1.29, 1.82) is 0 Å². The van der Waals surface area contributed by atoms with E-state index < -0.39 is 0 Å². The lowest BCUT2D eigenvalue weighted by Crippen LogP contribution is -2.40. The molecule has 1 amide bonds. The number of piperidine rings is 1. The van der Waals surface area contributed by atoms with Gasteiger partial charge in [0.25, 0.3) is 5.91 Å². The highest BCUT2D eigenvalue weighted by molar-refractivity contribution is 6.30. The van der Waals surface area contributed by atoms with Crippen LogP contribution in [-0.4, -0.2) is 46.8 Å². The summed E-state index contributed by atoms with van der Waals surface area (Å²) in [6.45, 7) is 7.70. The highest BCUT2D eigenvalue weighted by atomic mass is 35.5. The first-order chi connectivity index (χ1) is 12.1. The van der Waals surface area contributed by atoms with Gasteiger partial charge in [-0.3, -0.25) is 4.79 Å². The van der Waals surface area contributed by atoms with Crippen LogP contribution in [0.4, 0.5) is 0 Å². The molecule has 1 aromatic heterocycles. The maximum Gasteiger partial charge on any atom is 0.257 e. The number of carbonyl (C=O) groups is 1. The number of hydrogen-bond acceptors (Lipinski definition) is 3. The SMILES string of the molecule is CCNCC1CCN(C(=O)c2cn(-c3ccc(Cl)cc3)nc2C)CC1. The quantitative estimate of drug-likeness (QED) is 0.890. The van der Waals surface area contributed by atoms with Crippen LogP contribution in [-0.2, 0) is 0 Å². The first-order valence-corrected chi connectivity index (χ1v) is 9.28. The summed E-state index contributed by atoms with van der Waals surface area (Å²) < 4.78 is 1.75. The molecule has 0 atom stereocenters. The van der Waals surface area contributed by atoms with E-state index in [0.717, 1.165) is 50.4 Å². The highest BCUT2D eigenvalue weighted by Crippen LogP contribution is 2.21. The number of amides is 1. The Balaban J connectivity index is 1.68. The minimum Gasteiger partial charge on any atom is -0.339 e. The lowest BCUT2D eigenvalue weighted by atomic mass is 9.96. The first-order valence-electron chi connectivity index (χ1n) is 8.90. The van der Waals surface area contributed by atoms with Crippen molar-refractivity contribution in [1.82, 2.24) is 20.0 Å². The molecule has 0 saturated carbocycles. The molecule has 6 heteroatoms. The van der Waals surface area contributed by atoms with Gasteiger partial charge in [-0.2, -0.15) is 5.10 Å². The zero-order chi connectivity index (χ0) is 17.8. The molecule has 2 aromatic rings. The Morgan fingerprint density at radius 1 is 1.28 bits per heavy atom. The second kappa shape index (κ2) is 8.02. The van der Waals surface area contributed by atoms with Crippen LogP contribution in [0.15, 0.2) is 30.5 Å². The molecule has 0 bridgehead atoms. The molecule has 2 heterocycles. The van der Waals surface area contributed by atoms with Crippen LogP contribution < -0.4 is 5.32 Å². The fourth-order valence-corrected chi connectivity index (χ4v) is 3.38. The van der Waals surface area contributed by atoms with Crippen LogP contribution >= 0.6 is 11.6 Å². The van der Waals surface area contributed by atoms with Crippen LogP contribution in [0.2, 0.25) is 5.02 Å². The average Bonchev–Trinajstić information content (AvgIpc) is 3.02. The van der Waals surface area contributed by atoms with Gasteiger partial charge in [-0.05, 0) is 63.0 Å². The molecule has 5 nitrogen and oxygen atoms in total. The van der Waals surface area contributed by atoms with E-state index in [0.29, 0.717) is 16.5 Å². The smallest absolute Gasteiger partial charge is 0.257 e. The summed E-state index contributed by atoms with van der Waals surface area (Å²) in [5, 5.41) is 8.58. The van der Waals surface area contributed by atoms with E-state index in [1.807, 2.05) is 42.3 Å². The van der Waals surface area contributed by atoms with Gasteiger partial charge < -0.3 is 10.2 Å². The van der Waals surface area contributed by atoms with Crippen LogP contribution in [0, 0.1) is 12.8 Å². The predicted octanol–water partition coefficient (Wildman–Crippen LogP) is 3.30. The van der Waals surface area contributed by atoms with Gasteiger partial charge >= 0.3 is 0 Å². The second-order valence-corrected chi connectivity index (χ2v) is 7.03. The summed E-state index contributed by atoms with van der Waals surface area (Å²) in [5.74, 6) is 0.751. The molecule has 1 aromatic carbocycles. The molecular formula is C19H25ClN4O. The third-order valence-electron chi connectivity index (χ3n) is 4.81. The van der Waals surface area contributed by atoms with Gasteiger partial charge in [-0.1, -0.05) is 18.5 Å². The molecule has 0 radical (unpaired) electrons. The number of hydrogen-bond donors (Lipinski definition) is 1. The molecule has 25 heavy (non-hydrogen) atoms. The number of halogens is 1. The number of carbonyl (C=O) groups excluding carboxylic acids is 1. The Morgan fingerprint density at radius 3 is 2.60 bits per heavy atom. The number of likely N-dealkylation sites (tertiary alicyclic amines) is 1. The molecule has 1 N–H and O–H groups in total. The molecule has 0 unspecified atom stereocenters. The minimum absolute atomic E-state index is 0.0830. The van der Waals surface area contributed by atoms with Gasteiger partial charge in [0.1, 0.15) is 0 Å². The van der Waals surface area contributed by atoms with Crippen LogP contribution in [0.5, 0.6) is 0 Å². The molecule has 134 valence electrons. The number of aryl methyl sites for hydroxylation is 1. The number of benzene rings is 1. The van der Waals surface area contributed by atoms with Gasteiger partial charge in [-0.25, -0.2) is 4.68 Å². The molecule has 1 aliphatic rings. The summed E-state index contributed by atoms with van der Waals surface area (Å²) >= 11 is 5.94. The maximum absolute atomic E-state index is 12.9. The molecular weight excluding hydrogens is 336 g/mol. The number of nitrogens with one attached hydrogen (secondary N) is 1. The fourth-order valence-electron chi connectivity index (χ4n) is 3.26. The van der Waals surface area contributed by atoms with E-state index in [-0.39, 0.29) is 5.91 Å². The van der Waals surface area contributed by atoms with Crippen molar-refractivity contribution in [3.8, 4) is 5.69 Å². The van der Waals surface area contributed by atoms with Crippen molar-refractivity contribution in [3.63, 3.8) is 0 Å². The second-order valence-electron chi connectivity index (χ2n) is 6.59. The van der Waals surface area contributed by atoms with Gasteiger partial charge in [0.15, 0.2) is 0 Å². The van der Waals surface area contributed by atoms with Crippen molar-refractivity contribution in [2.75, 3.05) is 26.2 Å². The number of rotatable bonds is 5. The van der Waals surface area contributed by atoms with Gasteiger partial charge in [-0.15, -0.1) is 0 Å². The molecule has 1 saturated heterocycles. The van der Waals surface area contributed by atoms with E-state index in [2.05, 4.69) is 17.3 Å². The van der Waals surface area contributed by atoms with E-state index >= 15 is 0 Å². The average molecular weight is 361 g/mol. The molecule has 1 aliphatic heterocycles. The topological polar surface area (TPSA) is 50.2 Å². The Labute approximate surface area is 154 Å². The van der Waals surface area contributed by atoms with Gasteiger partial charge in [0.2, 0.25) is 0 Å². The minimum atomic E-state index is 0.0830. The lowest BCUT2D eigenvalue weighted by molar-refractivity contribution is 0.0689. The Bertz CT molecular complexity index is 718. The monoisotopic (exact) mass is 360 g/mol. The maximum atomic E-state index is 12.9. The van der Waals surface area contributed by atoms with E-state index in [4.69, 9.17) is 11.6 Å². The van der Waals surface area contributed by atoms with Crippen LogP contribution in [0.3, 0.4) is 0 Å². The van der Waals surface area contributed by atoms with E-state index in [1.165, 1.54) is 0 Å². The number of nitrogens with zero attached hydrogens (tertiary/aromatic N) is 3. The summed E-state index contributed by atoms with van der Waals surface area (Å²) in [4.78, 5) is 14.8. The Morgan fingerprint density at radius 2 is 1.96 bits per heavy atom. The zero-order valence-electron chi connectivity index (χ0n) is 14.8. The van der Waals surface area contributed by atoms with Crippen molar-refractivity contribution in [2.45, 2.75) is 26.7 Å². The molecule has 3 rings (SSSR count). The summed E-state index contributed by atoms with van der Waals surface area (Å²) in [6, 6.07) is 7.44. The largest absolute Gasteiger partial charge is 0.339 e. The third kappa shape index (κ3) is 4.22. The van der Waals surface area contributed by atoms with Crippen LogP contribution in [0.1, 0.15) is 35.8 Å². The van der Waals surface area contributed by atoms with E-state index in [9.17, 15) is 4.79 Å². The summed E-state index contributed by atoms with van der Waals surface area (Å²) in [5.41, 5.74) is 2.34. The summed E-state index contributed by atoms with van der Waals surface area (Å²) in [6.07, 6.45) is 3.94. The highest BCUT2D eigenvalue weighted by Gasteiger charge is 2.25. The molecule has 1 fully saturated rings. The lowest BCUT2D eigenvalue weighted by Gasteiger charge is -2.32. The zero-order valence-corrected chi connectivity index (χ0v) is 15.6. The fraction of sp³-hybridized carbons (Fsp3) is 0.474. The molecule has 0 spiro atoms. The predicted molar refractivity (Wildman–Crippen MR) is 100 cm³/mol. The third-order valence-corrected chi connectivity index (χ3v) is 5.06. The number of aromatic nitrogens is 2. The first kappa shape index (κ1) is 18.0. The van der Waals surface area contributed by atoms with Crippen molar-refractivity contribution in [3.05, 3.63) is 46.7 Å². The molecule has 0 aliphatic carbocycles. The van der Waals surface area contributed by atoms with Gasteiger partial charge in [0, 0.05) is 24.3 Å². The van der Waals surface area contributed by atoms with Crippen molar-refractivity contribution in [2.24, 2.45) is 5.92 Å². The van der Waals surface area contributed by atoms with E-state index in [1.54, 1.807) is 4.68 Å². The Hall–Kier alpha value is -1.85. The normalized spacial score (nSPS) is 15.6. The standard InChI is InChI=1S/C19H25ClN4O/c1-3-21-12-15-8-10-23(11-9-15)19(25)18-13-24(22-14(18)2)17-6-4-16(20)5-7-17/h4-7,13,15,21H,3,8-12H2,1-2H3.